The minimum Gasteiger partial charge on any atom is -0.371 e. The maximum absolute atomic E-state index is 2.48. The predicted molar refractivity (Wildman–Crippen MR) is 67.1 cm³/mol. The summed E-state index contributed by atoms with van der Waals surface area (Å²) in [5, 5.41) is 0. The van der Waals surface area contributed by atoms with E-state index in [1.54, 1.807) is 0 Å². The Morgan fingerprint density at radius 3 is 2.14 bits per heavy atom. The van der Waals surface area contributed by atoms with Crippen LogP contribution in [0.5, 0.6) is 0 Å². The molecule has 1 aromatic carbocycles. The Balaban J connectivity index is 0.000000845. The lowest BCUT2D eigenvalue weighted by Crippen LogP contribution is -2.18. The van der Waals surface area contributed by atoms with Gasteiger partial charge in [-0.1, -0.05) is 18.2 Å². The second-order valence-electron chi connectivity index (χ2n) is 3.48. The average molecular weight is 234 g/mol. The van der Waals surface area contributed by atoms with E-state index in [0.29, 0.717) is 0 Å². The molecule has 0 unspecified atom stereocenters. The summed E-state index contributed by atoms with van der Waals surface area (Å²) in [5.41, 5.74) is 2.83. The topological polar surface area (TPSA) is 3.24 Å². The van der Waals surface area contributed by atoms with E-state index in [1.165, 1.54) is 37.2 Å². The van der Waals surface area contributed by atoms with E-state index in [9.17, 15) is 0 Å². The summed E-state index contributed by atoms with van der Waals surface area (Å²) in [6, 6.07) is 8.64. The van der Waals surface area contributed by atoms with Gasteiger partial charge in [-0.25, -0.2) is 0 Å². The average Bonchev–Trinajstić information content (AvgIpc) is 2.57. The van der Waals surface area contributed by atoms with Crippen molar-refractivity contribution >= 4 is 30.5 Å². The standard InChI is InChI=1S/C11H15N.2ClH/c1-10-6-2-3-7-11(10)12-8-4-5-9-12;;/h2-3,6-7H,4-5,8-9H2,1H3;2*1H. The third-order valence-electron chi connectivity index (χ3n) is 2.56. The molecule has 1 heterocycles. The molecule has 2 rings (SSSR count). The maximum atomic E-state index is 2.48. The molecule has 1 fully saturated rings. The number of benzene rings is 1. The number of anilines is 1. The van der Waals surface area contributed by atoms with Crippen molar-refractivity contribution < 1.29 is 0 Å². The molecule has 0 atom stereocenters. The molecule has 0 bridgehead atoms. The quantitative estimate of drug-likeness (QED) is 0.719. The molecule has 1 saturated heterocycles. The third kappa shape index (κ3) is 2.79. The number of nitrogens with zero attached hydrogens (tertiary/aromatic N) is 1. The van der Waals surface area contributed by atoms with Gasteiger partial charge in [-0.3, -0.25) is 0 Å². The molecule has 1 aliphatic rings. The first-order chi connectivity index (χ1) is 5.88. The lowest BCUT2D eigenvalue weighted by atomic mass is 10.2. The van der Waals surface area contributed by atoms with Crippen molar-refractivity contribution in [2.75, 3.05) is 18.0 Å². The minimum atomic E-state index is 0. The molecule has 0 radical (unpaired) electrons. The number of hydrogen-bond acceptors (Lipinski definition) is 1. The van der Waals surface area contributed by atoms with Crippen LogP contribution in [0.15, 0.2) is 24.3 Å². The molecule has 1 aromatic rings. The highest BCUT2D eigenvalue weighted by molar-refractivity contribution is 5.85. The van der Waals surface area contributed by atoms with Crippen LogP contribution in [0, 0.1) is 6.92 Å². The van der Waals surface area contributed by atoms with Gasteiger partial charge in [-0.05, 0) is 31.4 Å². The van der Waals surface area contributed by atoms with Gasteiger partial charge in [0.05, 0.1) is 0 Å². The van der Waals surface area contributed by atoms with Gasteiger partial charge >= 0.3 is 0 Å². The van der Waals surface area contributed by atoms with Gasteiger partial charge < -0.3 is 4.90 Å². The number of rotatable bonds is 1. The summed E-state index contributed by atoms with van der Waals surface area (Å²) < 4.78 is 0. The van der Waals surface area contributed by atoms with E-state index in [4.69, 9.17) is 0 Å². The van der Waals surface area contributed by atoms with Crippen molar-refractivity contribution in [1.29, 1.82) is 0 Å². The zero-order valence-electron chi connectivity index (χ0n) is 8.40. The second-order valence-corrected chi connectivity index (χ2v) is 3.48. The molecule has 80 valence electrons. The van der Waals surface area contributed by atoms with Crippen molar-refractivity contribution in [3.8, 4) is 0 Å². The highest BCUT2D eigenvalue weighted by Crippen LogP contribution is 2.23. The molecular formula is C11H17Cl2N. The van der Waals surface area contributed by atoms with Crippen LogP contribution in [0.3, 0.4) is 0 Å². The zero-order chi connectivity index (χ0) is 8.39. The summed E-state index contributed by atoms with van der Waals surface area (Å²) in [4.78, 5) is 2.48. The molecule has 3 heteroatoms. The first kappa shape index (κ1) is 13.6. The Kier molecular flexibility index (Phi) is 5.98. The van der Waals surface area contributed by atoms with Crippen molar-refractivity contribution in [2.45, 2.75) is 19.8 Å². The monoisotopic (exact) mass is 233 g/mol. The highest BCUT2D eigenvalue weighted by Gasteiger charge is 2.12. The molecule has 0 aliphatic carbocycles. The predicted octanol–water partition coefficient (Wildman–Crippen LogP) is 3.44. The first-order valence-corrected chi connectivity index (χ1v) is 4.68. The highest BCUT2D eigenvalue weighted by atomic mass is 35.5. The lowest BCUT2D eigenvalue weighted by Gasteiger charge is -2.19. The minimum absolute atomic E-state index is 0. The van der Waals surface area contributed by atoms with E-state index in [1.807, 2.05) is 0 Å². The van der Waals surface area contributed by atoms with Gasteiger partial charge in [0, 0.05) is 18.8 Å². The van der Waals surface area contributed by atoms with E-state index in [-0.39, 0.29) is 24.8 Å². The van der Waals surface area contributed by atoms with Crippen molar-refractivity contribution in [1.82, 2.24) is 0 Å². The lowest BCUT2D eigenvalue weighted by molar-refractivity contribution is 0.949. The van der Waals surface area contributed by atoms with Gasteiger partial charge in [-0.2, -0.15) is 0 Å². The Bertz CT molecular complexity index is 270. The van der Waals surface area contributed by atoms with Crippen LogP contribution in [0.4, 0.5) is 5.69 Å². The first-order valence-electron chi connectivity index (χ1n) is 4.68. The Hall–Kier alpha value is -0.400. The summed E-state index contributed by atoms with van der Waals surface area (Å²) >= 11 is 0. The fourth-order valence-corrected chi connectivity index (χ4v) is 1.88. The van der Waals surface area contributed by atoms with Gasteiger partial charge in [0.15, 0.2) is 0 Å². The van der Waals surface area contributed by atoms with Crippen LogP contribution in [0.1, 0.15) is 18.4 Å². The molecule has 0 spiro atoms. The number of aryl methyl sites for hydroxylation is 1. The second kappa shape index (κ2) is 6.15. The van der Waals surface area contributed by atoms with Crippen LogP contribution in [0.2, 0.25) is 0 Å². The van der Waals surface area contributed by atoms with Crippen LogP contribution < -0.4 is 4.90 Å². The molecule has 0 N–H and O–H groups in total. The SMILES string of the molecule is Cc1ccccc1N1CCCC1.Cl.Cl. The Morgan fingerprint density at radius 2 is 1.57 bits per heavy atom. The molecule has 0 amide bonds. The summed E-state index contributed by atoms with van der Waals surface area (Å²) in [5.74, 6) is 0. The molecule has 14 heavy (non-hydrogen) atoms. The normalized spacial score (nSPS) is 14.5. The van der Waals surface area contributed by atoms with Crippen LogP contribution in [-0.4, -0.2) is 13.1 Å². The Labute approximate surface area is 98.3 Å². The van der Waals surface area contributed by atoms with Gasteiger partial charge in [0.2, 0.25) is 0 Å². The van der Waals surface area contributed by atoms with E-state index >= 15 is 0 Å². The largest absolute Gasteiger partial charge is 0.371 e. The fourth-order valence-electron chi connectivity index (χ4n) is 1.88. The van der Waals surface area contributed by atoms with Gasteiger partial charge in [0.1, 0.15) is 0 Å². The fraction of sp³-hybridized carbons (Fsp3) is 0.455. The van der Waals surface area contributed by atoms with Crippen LogP contribution in [0.25, 0.3) is 0 Å². The maximum Gasteiger partial charge on any atom is 0.0395 e. The van der Waals surface area contributed by atoms with Gasteiger partial charge in [-0.15, -0.1) is 24.8 Å². The number of halogens is 2. The van der Waals surface area contributed by atoms with E-state index < -0.39 is 0 Å². The molecule has 0 aromatic heterocycles. The number of hydrogen-bond donors (Lipinski definition) is 0. The van der Waals surface area contributed by atoms with E-state index in [2.05, 4.69) is 36.1 Å². The van der Waals surface area contributed by atoms with E-state index in [0.717, 1.165) is 0 Å². The molecule has 1 nitrogen and oxygen atoms in total. The third-order valence-corrected chi connectivity index (χ3v) is 2.56. The summed E-state index contributed by atoms with van der Waals surface area (Å²) in [6.07, 6.45) is 2.71. The van der Waals surface area contributed by atoms with Crippen molar-refractivity contribution in [3.05, 3.63) is 29.8 Å². The van der Waals surface area contributed by atoms with Crippen LogP contribution >= 0.6 is 24.8 Å². The molecular weight excluding hydrogens is 217 g/mol. The van der Waals surface area contributed by atoms with Crippen molar-refractivity contribution in [2.24, 2.45) is 0 Å². The van der Waals surface area contributed by atoms with Gasteiger partial charge in [0.25, 0.3) is 0 Å². The number of para-hydroxylation sites is 1. The molecule has 0 saturated carbocycles. The Morgan fingerprint density at radius 1 is 1.00 bits per heavy atom. The van der Waals surface area contributed by atoms with Crippen LogP contribution in [-0.2, 0) is 0 Å². The molecule has 1 aliphatic heterocycles. The zero-order valence-corrected chi connectivity index (χ0v) is 10.0. The summed E-state index contributed by atoms with van der Waals surface area (Å²) in [7, 11) is 0. The van der Waals surface area contributed by atoms with Crippen molar-refractivity contribution in [3.63, 3.8) is 0 Å². The smallest absolute Gasteiger partial charge is 0.0395 e. The summed E-state index contributed by atoms with van der Waals surface area (Å²) in [6.45, 7) is 4.67.